The monoisotopic (exact) mass is 422 g/mol. The van der Waals surface area contributed by atoms with E-state index in [0.717, 1.165) is 17.2 Å². The summed E-state index contributed by atoms with van der Waals surface area (Å²) in [5.41, 5.74) is 2.48. The van der Waals surface area contributed by atoms with Crippen LogP contribution in [-0.2, 0) is 6.42 Å². The van der Waals surface area contributed by atoms with Crippen molar-refractivity contribution in [3.8, 4) is 11.6 Å². The van der Waals surface area contributed by atoms with Gasteiger partial charge in [-0.25, -0.2) is 14.8 Å². The number of aromatic nitrogens is 4. The number of anilines is 2. The molecule has 0 aliphatic carbocycles. The van der Waals surface area contributed by atoms with E-state index >= 15 is 0 Å². The molecule has 3 N–H and O–H groups in total. The van der Waals surface area contributed by atoms with Gasteiger partial charge in [0.15, 0.2) is 0 Å². The van der Waals surface area contributed by atoms with Gasteiger partial charge >= 0.3 is 6.09 Å². The van der Waals surface area contributed by atoms with Gasteiger partial charge in [0.25, 0.3) is 0 Å². The van der Waals surface area contributed by atoms with Crippen molar-refractivity contribution in [2.24, 2.45) is 5.41 Å². The molecule has 1 aromatic carbocycles. The average molecular weight is 422 g/mol. The number of amides is 1. The zero-order valence-electron chi connectivity index (χ0n) is 18.0. The SMILES string of the molecule is Cc1nccn1-c1ccc(Nc2nc(O)c3c(n2)CCN(C(=O)O)C3C(C)(C)C)cc1. The molecule has 1 atom stereocenters. The third-order valence-corrected chi connectivity index (χ3v) is 5.47. The maximum absolute atomic E-state index is 11.8. The molecule has 0 bridgehead atoms. The first-order valence-electron chi connectivity index (χ1n) is 10.1. The molecule has 0 saturated heterocycles. The topological polar surface area (TPSA) is 116 Å². The van der Waals surface area contributed by atoms with Crippen LogP contribution in [0.25, 0.3) is 5.69 Å². The quantitative estimate of drug-likeness (QED) is 0.583. The Morgan fingerprint density at radius 2 is 1.90 bits per heavy atom. The molecule has 0 saturated carbocycles. The number of carbonyl (C=O) groups is 1. The summed E-state index contributed by atoms with van der Waals surface area (Å²) < 4.78 is 1.98. The van der Waals surface area contributed by atoms with Crippen molar-refractivity contribution in [2.75, 3.05) is 11.9 Å². The number of carboxylic acid groups (broad SMARTS) is 1. The Balaban J connectivity index is 1.63. The fraction of sp³-hybridized carbons (Fsp3) is 0.364. The van der Waals surface area contributed by atoms with Crippen LogP contribution in [0.3, 0.4) is 0 Å². The van der Waals surface area contributed by atoms with Crippen LogP contribution in [0.4, 0.5) is 16.4 Å². The molecule has 1 aliphatic heterocycles. The zero-order chi connectivity index (χ0) is 22.3. The number of hydrogen-bond donors (Lipinski definition) is 3. The minimum Gasteiger partial charge on any atom is -0.493 e. The highest BCUT2D eigenvalue weighted by Crippen LogP contribution is 2.45. The summed E-state index contributed by atoms with van der Waals surface area (Å²) in [7, 11) is 0. The van der Waals surface area contributed by atoms with E-state index in [1.807, 2.05) is 62.7 Å². The molecule has 1 unspecified atom stereocenters. The summed E-state index contributed by atoms with van der Waals surface area (Å²) in [4.78, 5) is 26.2. The Morgan fingerprint density at radius 3 is 2.48 bits per heavy atom. The van der Waals surface area contributed by atoms with E-state index in [1.165, 1.54) is 4.90 Å². The minimum atomic E-state index is -1.01. The second kappa shape index (κ2) is 7.57. The number of imidazole rings is 1. The fourth-order valence-corrected chi connectivity index (χ4v) is 4.13. The van der Waals surface area contributed by atoms with E-state index in [1.54, 1.807) is 6.20 Å². The van der Waals surface area contributed by atoms with Crippen molar-refractivity contribution in [1.29, 1.82) is 0 Å². The van der Waals surface area contributed by atoms with Gasteiger partial charge in [0.2, 0.25) is 11.8 Å². The molecule has 4 rings (SSSR count). The van der Waals surface area contributed by atoms with E-state index < -0.39 is 17.6 Å². The van der Waals surface area contributed by atoms with Gasteiger partial charge in [-0.3, -0.25) is 0 Å². The maximum Gasteiger partial charge on any atom is 0.407 e. The van der Waals surface area contributed by atoms with Crippen LogP contribution in [-0.4, -0.2) is 47.3 Å². The second-order valence-electron chi connectivity index (χ2n) is 8.74. The summed E-state index contributed by atoms with van der Waals surface area (Å²) in [5, 5.41) is 23.5. The van der Waals surface area contributed by atoms with Crippen LogP contribution >= 0.6 is 0 Å². The lowest BCUT2D eigenvalue weighted by Gasteiger charge is -2.42. The first kappa shape index (κ1) is 20.6. The van der Waals surface area contributed by atoms with Gasteiger partial charge in [0, 0.05) is 36.7 Å². The number of nitrogens with one attached hydrogen (secondary N) is 1. The molecule has 0 spiro atoms. The van der Waals surface area contributed by atoms with Crippen LogP contribution in [0.1, 0.15) is 43.9 Å². The van der Waals surface area contributed by atoms with Crippen molar-refractivity contribution < 1.29 is 15.0 Å². The highest BCUT2D eigenvalue weighted by molar-refractivity contribution is 5.67. The third kappa shape index (κ3) is 3.90. The summed E-state index contributed by atoms with van der Waals surface area (Å²) in [6.07, 6.45) is 3.05. The summed E-state index contributed by atoms with van der Waals surface area (Å²) in [6.45, 7) is 8.08. The van der Waals surface area contributed by atoms with Gasteiger partial charge < -0.3 is 25.0 Å². The van der Waals surface area contributed by atoms with Crippen molar-refractivity contribution in [2.45, 2.75) is 40.2 Å². The van der Waals surface area contributed by atoms with Crippen LogP contribution < -0.4 is 5.32 Å². The predicted octanol–water partition coefficient (Wildman–Crippen LogP) is 4.04. The van der Waals surface area contributed by atoms with Crippen LogP contribution in [0, 0.1) is 12.3 Å². The molecule has 9 heteroatoms. The third-order valence-electron chi connectivity index (χ3n) is 5.47. The smallest absolute Gasteiger partial charge is 0.407 e. The molecule has 162 valence electrons. The van der Waals surface area contributed by atoms with Gasteiger partial charge in [-0.15, -0.1) is 0 Å². The van der Waals surface area contributed by atoms with E-state index in [4.69, 9.17) is 0 Å². The number of benzene rings is 1. The standard InChI is InChI=1S/C22H26N6O3/c1-13-23-10-12-27(13)15-7-5-14(6-8-15)24-20-25-16-9-11-28(21(30)31)18(22(2,3)4)17(16)19(29)26-20/h5-8,10,12,18H,9,11H2,1-4H3,(H,30,31)(H2,24,25,26,29). The van der Waals surface area contributed by atoms with Crippen molar-refractivity contribution in [3.05, 3.63) is 53.7 Å². The van der Waals surface area contributed by atoms with Gasteiger partial charge in [0.05, 0.1) is 17.3 Å². The molecule has 1 amide bonds. The molecule has 1 aliphatic rings. The molecule has 3 aromatic rings. The molecule has 2 aromatic heterocycles. The molecule has 31 heavy (non-hydrogen) atoms. The lowest BCUT2D eigenvalue weighted by molar-refractivity contribution is 0.0733. The Morgan fingerprint density at radius 1 is 1.19 bits per heavy atom. The Kier molecular flexibility index (Phi) is 5.04. The van der Waals surface area contributed by atoms with Gasteiger partial charge in [-0.2, -0.15) is 4.98 Å². The van der Waals surface area contributed by atoms with Crippen LogP contribution in [0.5, 0.6) is 5.88 Å². The zero-order valence-corrected chi connectivity index (χ0v) is 18.0. The van der Waals surface area contributed by atoms with Crippen molar-refractivity contribution >= 4 is 17.7 Å². The highest BCUT2D eigenvalue weighted by atomic mass is 16.4. The van der Waals surface area contributed by atoms with Gasteiger partial charge in [0.1, 0.15) is 5.82 Å². The Bertz CT molecular complexity index is 1120. The average Bonchev–Trinajstić information content (AvgIpc) is 3.13. The van der Waals surface area contributed by atoms with E-state index in [2.05, 4.69) is 20.3 Å². The molecule has 3 heterocycles. The van der Waals surface area contributed by atoms with E-state index in [0.29, 0.717) is 24.2 Å². The predicted molar refractivity (Wildman–Crippen MR) is 116 cm³/mol. The molecule has 0 fully saturated rings. The molecule has 9 nitrogen and oxygen atoms in total. The second-order valence-corrected chi connectivity index (χ2v) is 8.74. The molecule has 0 radical (unpaired) electrons. The van der Waals surface area contributed by atoms with Crippen LogP contribution in [0.15, 0.2) is 36.7 Å². The lowest BCUT2D eigenvalue weighted by Crippen LogP contribution is -2.45. The summed E-state index contributed by atoms with van der Waals surface area (Å²) in [6, 6.07) is 7.18. The van der Waals surface area contributed by atoms with Crippen molar-refractivity contribution in [1.82, 2.24) is 24.4 Å². The van der Waals surface area contributed by atoms with Crippen LogP contribution in [0.2, 0.25) is 0 Å². The first-order chi connectivity index (χ1) is 14.6. The highest BCUT2D eigenvalue weighted by Gasteiger charge is 2.41. The normalized spacial score (nSPS) is 16.1. The van der Waals surface area contributed by atoms with Crippen molar-refractivity contribution in [3.63, 3.8) is 0 Å². The number of nitrogens with zero attached hydrogens (tertiary/aromatic N) is 5. The largest absolute Gasteiger partial charge is 0.493 e. The minimum absolute atomic E-state index is 0.191. The number of hydrogen-bond acceptors (Lipinski definition) is 6. The van der Waals surface area contributed by atoms with E-state index in [-0.39, 0.29) is 11.8 Å². The van der Waals surface area contributed by atoms with E-state index in [9.17, 15) is 15.0 Å². The summed E-state index contributed by atoms with van der Waals surface area (Å²) in [5.74, 6) is 0.982. The number of fused-ring (bicyclic) bond motifs is 1. The number of rotatable bonds is 3. The Hall–Kier alpha value is -3.62. The molecular formula is C22H26N6O3. The van der Waals surface area contributed by atoms with Gasteiger partial charge in [-0.1, -0.05) is 20.8 Å². The Labute approximate surface area is 180 Å². The molecular weight excluding hydrogens is 396 g/mol. The van der Waals surface area contributed by atoms with Gasteiger partial charge in [-0.05, 0) is 36.6 Å². The fourth-order valence-electron chi connectivity index (χ4n) is 4.13. The number of aromatic hydroxyl groups is 1. The summed E-state index contributed by atoms with van der Waals surface area (Å²) >= 11 is 0. The first-order valence-corrected chi connectivity index (χ1v) is 10.1. The lowest BCUT2D eigenvalue weighted by atomic mass is 9.79. The maximum atomic E-state index is 11.8. The number of aryl methyl sites for hydroxylation is 1.